The first-order valence-corrected chi connectivity index (χ1v) is 7.92. The van der Waals surface area contributed by atoms with E-state index in [-0.39, 0.29) is 0 Å². The molecule has 3 nitrogen and oxygen atoms in total. The van der Waals surface area contributed by atoms with Crippen LogP contribution in [0.2, 0.25) is 0 Å². The van der Waals surface area contributed by atoms with E-state index in [1.807, 2.05) is 0 Å². The van der Waals surface area contributed by atoms with Crippen molar-refractivity contribution in [3.05, 3.63) is 16.1 Å². The van der Waals surface area contributed by atoms with E-state index in [1.165, 1.54) is 25.0 Å². The molecule has 1 fully saturated rings. The minimum Gasteiger partial charge on any atom is -0.378 e. The van der Waals surface area contributed by atoms with E-state index in [4.69, 9.17) is 4.74 Å². The number of hydrogen-bond acceptors (Lipinski definition) is 4. The summed E-state index contributed by atoms with van der Waals surface area (Å²) >= 11 is 1.74. The maximum atomic E-state index is 5.75. The van der Waals surface area contributed by atoms with Crippen LogP contribution in [-0.4, -0.2) is 30.3 Å². The van der Waals surface area contributed by atoms with Crippen LogP contribution in [0.15, 0.2) is 5.38 Å². The summed E-state index contributed by atoms with van der Waals surface area (Å²) in [5, 5.41) is 6.99. The molecular formula is C14H24N2OS. The van der Waals surface area contributed by atoms with E-state index >= 15 is 0 Å². The van der Waals surface area contributed by atoms with E-state index in [2.05, 4.69) is 29.5 Å². The molecule has 0 radical (unpaired) electrons. The lowest BCUT2D eigenvalue weighted by Crippen LogP contribution is -2.35. The standard InChI is InChI=1S/C14H24N2OS/c1-3-6-15-12(9-14-5-4-7-17-14)8-13-10-18-11(2)16-13/h10,12,14-15H,3-9H2,1-2H3. The third kappa shape index (κ3) is 4.34. The van der Waals surface area contributed by atoms with Crippen LogP contribution in [0.4, 0.5) is 0 Å². The van der Waals surface area contributed by atoms with Gasteiger partial charge in [0, 0.05) is 24.4 Å². The van der Waals surface area contributed by atoms with Crippen molar-refractivity contribution < 1.29 is 4.74 Å². The molecule has 0 aliphatic carbocycles. The third-order valence-corrected chi connectivity index (χ3v) is 4.20. The van der Waals surface area contributed by atoms with Crippen LogP contribution in [0.3, 0.4) is 0 Å². The van der Waals surface area contributed by atoms with Gasteiger partial charge in [0.05, 0.1) is 16.8 Å². The van der Waals surface area contributed by atoms with Gasteiger partial charge < -0.3 is 10.1 Å². The van der Waals surface area contributed by atoms with E-state index in [1.54, 1.807) is 11.3 Å². The van der Waals surface area contributed by atoms with Gasteiger partial charge in [-0.1, -0.05) is 6.92 Å². The van der Waals surface area contributed by atoms with Crippen LogP contribution in [0.1, 0.15) is 43.3 Å². The van der Waals surface area contributed by atoms with Gasteiger partial charge in [-0.05, 0) is 39.2 Å². The van der Waals surface area contributed by atoms with Crippen LogP contribution < -0.4 is 5.32 Å². The van der Waals surface area contributed by atoms with E-state index in [0.29, 0.717) is 12.1 Å². The van der Waals surface area contributed by atoms with Gasteiger partial charge in [0.2, 0.25) is 0 Å². The van der Waals surface area contributed by atoms with Crippen molar-refractivity contribution in [2.75, 3.05) is 13.2 Å². The molecule has 2 heterocycles. The minimum atomic E-state index is 0.457. The highest BCUT2D eigenvalue weighted by atomic mass is 32.1. The van der Waals surface area contributed by atoms with Crippen molar-refractivity contribution in [3.8, 4) is 0 Å². The summed E-state index contributed by atoms with van der Waals surface area (Å²) in [6.07, 6.45) is 6.24. The van der Waals surface area contributed by atoms with E-state index in [9.17, 15) is 0 Å². The topological polar surface area (TPSA) is 34.2 Å². The van der Waals surface area contributed by atoms with Crippen molar-refractivity contribution in [1.82, 2.24) is 10.3 Å². The summed E-state index contributed by atoms with van der Waals surface area (Å²) in [4.78, 5) is 4.57. The third-order valence-electron chi connectivity index (χ3n) is 3.38. The highest BCUT2D eigenvalue weighted by Gasteiger charge is 2.21. The van der Waals surface area contributed by atoms with E-state index in [0.717, 1.165) is 31.0 Å². The molecule has 102 valence electrons. The Labute approximate surface area is 114 Å². The lowest BCUT2D eigenvalue weighted by Gasteiger charge is -2.21. The average molecular weight is 268 g/mol. The van der Waals surface area contributed by atoms with Crippen molar-refractivity contribution in [1.29, 1.82) is 0 Å². The number of aryl methyl sites for hydroxylation is 1. The van der Waals surface area contributed by atoms with Crippen molar-refractivity contribution in [3.63, 3.8) is 0 Å². The van der Waals surface area contributed by atoms with Gasteiger partial charge >= 0.3 is 0 Å². The second-order valence-electron chi connectivity index (χ2n) is 5.08. The normalized spacial score (nSPS) is 21.3. The Morgan fingerprint density at radius 3 is 3.11 bits per heavy atom. The van der Waals surface area contributed by atoms with Gasteiger partial charge in [0.15, 0.2) is 0 Å². The zero-order valence-electron chi connectivity index (χ0n) is 11.4. The van der Waals surface area contributed by atoms with Gasteiger partial charge in [-0.15, -0.1) is 11.3 Å². The lowest BCUT2D eigenvalue weighted by molar-refractivity contribution is 0.0945. The maximum absolute atomic E-state index is 5.75. The summed E-state index contributed by atoms with van der Waals surface area (Å²) in [5.74, 6) is 0. The number of thiazole rings is 1. The van der Waals surface area contributed by atoms with Crippen LogP contribution in [0.25, 0.3) is 0 Å². The van der Waals surface area contributed by atoms with Crippen molar-refractivity contribution >= 4 is 11.3 Å². The van der Waals surface area contributed by atoms with Crippen molar-refractivity contribution in [2.24, 2.45) is 0 Å². The molecule has 18 heavy (non-hydrogen) atoms. The minimum absolute atomic E-state index is 0.457. The molecule has 2 rings (SSSR count). The number of rotatable bonds is 7. The molecule has 1 N–H and O–H groups in total. The smallest absolute Gasteiger partial charge is 0.0897 e. The Kier molecular flexibility index (Phi) is 5.60. The molecule has 4 heteroatoms. The number of hydrogen-bond donors (Lipinski definition) is 1. The van der Waals surface area contributed by atoms with Gasteiger partial charge in [0.25, 0.3) is 0 Å². The molecule has 0 spiro atoms. The van der Waals surface area contributed by atoms with E-state index < -0.39 is 0 Å². The fourth-order valence-corrected chi connectivity index (χ4v) is 3.11. The predicted octanol–water partition coefficient (Wildman–Crippen LogP) is 2.93. The molecule has 0 amide bonds. The molecule has 1 aliphatic rings. The average Bonchev–Trinajstić information content (AvgIpc) is 2.98. The number of nitrogens with zero attached hydrogens (tertiary/aromatic N) is 1. The first-order valence-electron chi connectivity index (χ1n) is 7.04. The molecular weight excluding hydrogens is 244 g/mol. The molecule has 0 aromatic carbocycles. The van der Waals surface area contributed by atoms with Gasteiger partial charge in [-0.2, -0.15) is 0 Å². The summed E-state index contributed by atoms with van der Waals surface area (Å²) in [5.41, 5.74) is 1.23. The number of ether oxygens (including phenoxy) is 1. The first kappa shape index (κ1) is 14.0. The summed E-state index contributed by atoms with van der Waals surface area (Å²) in [6, 6.07) is 0.509. The molecule has 1 aromatic rings. The van der Waals surface area contributed by atoms with Gasteiger partial charge in [-0.25, -0.2) is 4.98 Å². The highest BCUT2D eigenvalue weighted by Crippen LogP contribution is 2.19. The first-order chi connectivity index (χ1) is 8.78. The Hall–Kier alpha value is -0.450. The second-order valence-corrected chi connectivity index (χ2v) is 6.15. The predicted molar refractivity (Wildman–Crippen MR) is 76.2 cm³/mol. The van der Waals surface area contributed by atoms with Crippen molar-refractivity contribution in [2.45, 2.75) is 58.1 Å². The Morgan fingerprint density at radius 1 is 1.61 bits per heavy atom. The number of nitrogens with one attached hydrogen (secondary N) is 1. The zero-order chi connectivity index (χ0) is 12.8. The number of aromatic nitrogens is 1. The van der Waals surface area contributed by atoms with Crippen LogP contribution in [-0.2, 0) is 11.2 Å². The molecule has 0 saturated carbocycles. The molecule has 1 aromatic heterocycles. The quantitative estimate of drug-likeness (QED) is 0.825. The summed E-state index contributed by atoms with van der Waals surface area (Å²) in [6.45, 7) is 6.31. The zero-order valence-corrected chi connectivity index (χ0v) is 12.3. The lowest BCUT2D eigenvalue weighted by atomic mass is 10.0. The Bertz CT molecular complexity index is 347. The largest absolute Gasteiger partial charge is 0.378 e. The highest BCUT2D eigenvalue weighted by molar-refractivity contribution is 7.09. The SMILES string of the molecule is CCCNC(Cc1csc(C)n1)CC1CCCO1. The second kappa shape index (κ2) is 7.22. The molecule has 2 unspecified atom stereocenters. The Morgan fingerprint density at radius 2 is 2.50 bits per heavy atom. The fraction of sp³-hybridized carbons (Fsp3) is 0.786. The van der Waals surface area contributed by atoms with Gasteiger partial charge in [-0.3, -0.25) is 0 Å². The van der Waals surface area contributed by atoms with Gasteiger partial charge in [0.1, 0.15) is 0 Å². The molecule has 0 bridgehead atoms. The van der Waals surface area contributed by atoms with Crippen LogP contribution in [0.5, 0.6) is 0 Å². The maximum Gasteiger partial charge on any atom is 0.0897 e. The fourth-order valence-electron chi connectivity index (χ4n) is 2.49. The molecule has 2 atom stereocenters. The summed E-state index contributed by atoms with van der Waals surface area (Å²) in [7, 11) is 0. The molecule has 1 aliphatic heterocycles. The summed E-state index contributed by atoms with van der Waals surface area (Å²) < 4.78 is 5.75. The van der Waals surface area contributed by atoms with Crippen LogP contribution >= 0.6 is 11.3 Å². The van der Waals surface area contributed by atoms with Crippen LogP contribution in [0, 0.1) is 6.92 Å². The molecule has 1 saturated heterocycles. The monoisotopic (exact) mass is 268 g/mol. The Balaban J connectivity index is 1.86.